The number of rotatable bonds is 15. The minimum Gasteiger partial charge on any atom is -0.465 e. The van der Waals surface area contributed by atoms with E-state index in [0.717, 1.165) is 26.2 Å². The predicted molar refractivity (Wildman–Crippen MR) is 102 cm³/mol. The highest BCUT2D eigenvalue weighted by Gasteiger charge is 2.13. The lowest BCUT2D eigenvalue weighted by Gasteiger charge is -2.25. The number of terminal acetylenes is 2. The second-order valence-corrected chi connectivity index (χ2v) is 5.72. The largest absolute Gasteiger partial charge is 0.465 e. The Morgan fingerprint density at radius 2 is 1.19 bits per heavy atom. The van der Waals surface area contributed by atoms with E-state index in [1.807, 2.05) is 0 Å². The molecule has 0 spiro atoms. The molecule has 0 unspecified atom stereocenters. The molecule has 0 rings (SSSR count). The molecule has 26 heavy (non-hydrogen) atoms. The van der Waals surface area contributed by atoms with Crippen molar-refractivity contribution in [2.24, 2.45) is 0 Å². The molecule has 0 bridgehead atoms. The van der Waals surface area contributed by atoms with Gasteiger partial charge in [0.15, 0.2) is 0 Å². The van der Waals surface area contributed by atoms with Crippen molar-refractivity contribution >= 4 is 11.9 Å². The van der Waals surface area contributed by atoms with Gasteiger partial charge in [-0.05, 0) is 13.1 Å². The van der Waals surface area contributed by atoms with E-state index in [4.69, 9.17) is 22.3 Å². The molecule has 0 aliphatic rings. The smallest absolute Gasteiger partial charge is 0.307 e. The van der Waals surface area contributed by atoms with Crippen LogP contribution in [0.2, 0.25) is 0 Å². The summed E-state index contributed by atoms with van der Waals surface area (Å²) in [6, 6.07) is 0. The number of hydrogen-bond acceptors (Lipinski definition) is 6. The van der Waals surface area contributed by atoms with Gasteiger partial charge in [0, 0.05) is 39.0 Å². The molecule has 0 aromatic heterocycles. The summed E-state index contributed by atoms with van der Waals surface area (Å²) in [5.74, 6) is 4.31. The van der Waals surface area contributed by atoms with Gasteiger partial charge < -0.3 is 19.3 Å². The lowest BCUT2D eigenvalue weighted by molar-refractivity contribution is -0.143. The van der Waals surface area contributed by atoms with Gasteiger partial charge in [-0.3, -0.25) is 9.59 Å². The molecule has 0 aromatic rings. The van der Waals surface area contributed by atoms with Crippen LogP contribution in [-0.4, -0.2) is 74.2 Å². The first-order valence-electron chi connectivity index (χ1n) is 9.20. The molecule has 0 N–H and O–H groups in total. The Bertz CT molecular complexity index is 439. The Morgan fingerprint density at radius 1 is 0.769 bits per heavy atom. The fourth-order valence-electron chi connectivity index (χ4n) is 2.25. The SMILES string of the molecule is C#CCCOC(=O)CCN(CCC(=O)OCCC#C)CCN(CC)CC. The van der Waals surface area contributed by atoms with Gasteiger partial charge in [0.25, 0.3) is 0 Å². The topological polar surface area (TPSA) is 59.1 Å². The Morgan fingerprint density at radius 3 is 1.58 bits per heavy atom. The van der Waals surface area contributed by atoms with E-state index < -0.39 is 0 Å². The Balaban J connectivity index is 4.36. The summed E-state index contributed by atoms with van der Waals surface area (Å²) in [4.78, 5) is 27.9. The summed E-state index contributed by atoms with van der Waals surface area (Å²) in [5.41, 5.74) is 0. The van der Waals surface area contributed by atoms with Gasteiger partial charge in [-0.1, -0.05) is 13.8 Å². The fraction of sp³-hybridized carbons (Fsp3) is 0.700. The summed E-state index contributed by atoms with van der Waals surface area (Å²) in [5, 5.41) is 0. The standard InChI is InChI=1S/C20H32N2O4/c1-5-9-17-25-19(23)11-13-22(16-15-21(7-3)8-4)14-12-20(24)26-18-10-6-2/h1-2H,7-18H2,3-4H3. The highest BCUT2D eigenvalue weighted by Crippen LogP contribution is 2.00. The predicted octanol–water partition coefficient (Wildman–Crippen LogP) is 1.54. The third-order valence-electron chi connectivity index (χ3n) is 3.91. The molecule has 0 heterocycles. The minimum absolute atomic E-state index is 0.246. The third kappa shape index (κ3) is 13.3. The number of carbonyl (C=O) groups excluding carboxylic acids is 2. The molecule has 0 amide bonds. The lowest BCUT2D eigenvalue weighted by Crippen LogP contribution is -2.37. The van der Waals surface area contributed by atoms with Crippen molar-refractivity contribution in [3.63, 3.8) is 0 Å². The van der Waals surface area contributed by atoms with E-state index in [-0.39, 0.29) is 38.0 Å². The van der Waals surface area contributed by atoms with Gasteiger partial charge in [0.05, 0.1) is 12.8 Å². The van der Waals surface area contributed by atoms with Crippen molar-refractivity contribution in [3.05, 3.63) is 0 Å². The van der Waals surface area contributed by atoms with Crippen molar-refractivity contribution < 1.29 is 19.1 Å². The first-order chi connectivity index (χ1) is 12.6. The molecule has 0 aliphatic carbocycles. The average Bonchev–Trinajstić information content (AvgIpc) is 2.64. The van der Waals surface area contributed by atoms with Crippen molar-refractivity contribution in [2.45, 2.75) is 39.5 Å². The summed E-state index contributed by atoms with van der Waals surface area (Å²) < 4.78 is 10.1. The van der Waals surface area contributed by atoms with E-state index in [2.05, 4.69) is 35.5 Å². The molecule has 0 saturated carbocycles. The third-order valence-corrected chi connectivity index (χ3v) is 3.91. The van der Waals surface area contributed by atoms with E-state index in [1.165, 1.54) is 0 Å². The molecule has 0 radical (unpaired) electrons. The van der Waals surface area contributed by atoms with E-state index in [1.54, 1.807) is 0 Å². The highest BCUT2D eigenvalue weighted by molar-refractivity contribution is 5.70. The maximum absolute atomic E-state index is 11.7. The fourth-order valence-corrected chi connectivity index (χ4v) is 2.25. The minimum atomic E-state index is -0.273. The molecule has 6 heteroatoms. The van der Waals surface area contributed by atoms with Gasteiger partial charge >= 0.3 is 11.9 Å². The van der Waals surface area contributed by atoms with Gasteiger partial charge in [-0.2, -0.15) is 0 Å². The first-order valence-corrected chi connectivity index (χ1v) is 9.20. The second kappa shape index (κ2) is 16.4. The quantitative estimate of drug-likeness (QED) is 0.250. The van der Waals surface area contributed by atoms with Crippen LogP contribution in [0.15, 0.2) is 0 Å². The molecular formula is C20H32N2O4. The Kier molecular flexibility index (Phi) is 15.2. The van der Waals surface area contributed by atoms with Gasteiger partial charge in [0.1, 0.15) is 13.2 Å². The maximum atomic E-state index is 11.7. The van der Waals surface area contributed by atoms with Crippen LogP contribution in [0, 0.1) is 24.7 Å². The summed E-state index contributed by atoms with van der Waals surface area (Å²) in [6.45, 7) is 9.37. The summed E-state index contributed by atoms with van der Waals surface area (Å²) >= 11 is 0. The van der Waals surface area contributed by atoms with Crippen LogP contribution < -0.4 is 0 Å². The number of hydrogen-bond donors (Lipinski definition) is 0. The first kappa shape index (κ1) is 24.0. The van der Waals surface area contributed by atoms with Crippen molar-refractivity contribution in [2.75, 3.05) is 52.5 Å². The van der Waals surface area contributed by atoms with Crippen LogP contribution in [0.5, 0.6) is 0 Å². The molecule has 0 aliphatic heterocycles. The normalized spacial score (nSPS) is 10.4. The lowest BCUT2D eigenvalue weighted by atomic mass is 10.3. The van der Waals surface area contributed by atoms with Crippen LogP contribution in [0.4, 0.5) is 0 Å². The van der Waals surface area contributed by atoms with Crippen LogP contribution >= 0.6 is 0 Å². The highest BCUT2D eigenvalue weighted by atomic mass is 16.5. The molecule has 0 atom stereocenters. The van der Waals surface area contributed by atoms with E-state index >= 15 is 0 Å². The number of likely N-dealkylation sites (N-methyl/N-ethyl adjacent to an activating group) is 1. The van der Waals surface area contributed by atoms with Crippen molar-refractivity contribution in [3.8, 4) is 24.7 Å². The van der Waals surface area contributed by atoms with Crippen LogP contribution in [0.3, 0.4) is 0 Å². The number of nitrogens with zero attached hydrogens (tertiary/aromatic N) is 2. The van der Waals surface area contributed by atoms with Crippen molar-refractivity contribution in [1.29, 1.82) is 0 Å². The average molecular weight is 364 g/mol. The van der Waals surface area contributed by atoms with Crippen molar-refractivity contribution in [1.82, 2.24) is 9.80 Å². The van der Waals surface area contributed by atoms with Crippen LogP contribution in [0.25, 0.3) is 0 Å². The zero-order valence-electron chi connectivity index (χ0n) is 16.2. The molecule has 0 saturated heterocycles. The van der Waals surface area contributed by atoms with Gasteiger partial charge in [-0.25, -0.2) is 0 Å². The maximum Gasteiger partial charge on any atom is 0.307 e. The van der Waals surface area contributed by atoms with Gasteiger partial charge in [0.2, 0.25) is 0 Å². The van der Waals surface area contributed by atoms with Gasteiger partial charge in [-0.15, -0.1) is 24.7 Å². The zero-order chi connectivity index (χ0) is 19.6. The number of ether oxygens (including phenoxy) is 2. The molecule has 146 valence electrons. The second-order valence-electron chi connectivity index (χ2n) is 5.72. The van der Waals surface area contributed by atoms with E-state index in [9.17, 15) is 9.59 Å². The molecule has 0 aromatic carbocycles. The number of carbonyl (C=O) groups is 2. The van der Waals surface area contributed by atoms with Crippen LogP contribution in [-0.2, 0) is 19.1 Å². The molecule has 6 nitrogen and oxygen atoms in total. The monoisotopic (exact) mass is 364 g/mol. The van der Waals surface area contributed by atoms with E-state index in [0.29, 0.717) is 25.9 Å². The summed E-state index contributed by atoms with van der Waals surface area (Å²) in [6.07, 6.45) is 11.6. The molecule has 0 fully saturated rings. The Labute approximate surface area is 158 Å². The number of esters is 2. The van der Waals surface area contributed by atoms with Crippen LogP contribution in [0.1, 0.15) is 39.5 Å². The zero-order valence-corrected chi connectivity index (χ0v) is 16.2. The Hall–Kier alpha value is -2.02. The summed E-state index contributed by atoms with van der Waals surface area (Å²) in [7, 11) is 0. The molecular weight excluding hydrogens is 332 g/mol.